The first-order chi connectivity index (χ1) is 15.6. The summed E-state index contributed by atoms with van der Waals surface area (Å²) in [5.74, 6) is 2.09. The highest BCUT2D eigenvalue weighted by atomic mass is 16.5. The van der Waals surface area contributed by atoms with Crippen LogP contribution in [0.2, 0.25) is 0 Å². The van der Waals surface area contributed by atoms with Gasteiger partial charge in [0, 0.05) is 6.04 Å². The second-order valence-corrected chi connectivity index (χ2v) is 7.83. The van der Waals surface area contributed by atoms with Gasteiger partial charge in [0.05, 0.1) is 12.8 Å². The van der Waals surface area contributed by atoms with Gasteiger partial charge in [-0.25, -0.2) is 10.2 Å². The first-order valence-corrected chi connectivity index (χ1v) is 11.3. The molecule has 0 radical (unpaired) electrons. The topological polar surface area (TPSA) is 81.2 Å². The molecule has 2 aromatic carbocycles. The molecule has 0 atom stereocenters. The molecule has 0 heterocycles. The minimum Gasteiger partial charge on any atom is -0.490 e. The molecule has 0 unspecified atom stereocenters. The molecule has 2 aromatic rings. The molecule has 1 saturated carbocycles. The number of hydrogen-bond acceptors (Lipinski definition) is 5. The molecule has 2 amide bonds. The van der Waals surface area contributed by atoms with E-state index in [-0.39, 0.29) is 12.1 Å². The minimum atomic E-state index is -0.272. The van der Waals surface area contributed by atoms with Gasteiger partial charge in [-0.3, -0.25) is 0 Å². The number of ether oxygens (including phenoxy) is 3. The Labute approximate surface area is 190 Å². The van der Waals surface area contributed by atoms with E-state index in [1.807, 2.05) is 56.3 Å². The van der Waals surface area contributed by atoms with Gasteiger partial charge in [0.15, 0.2) is 11.5 Å². The summed E-state index contributed by atoms with van der Waals surface area (Å²) in [7, 11) is 0. The third-order valence-corrected chi connectivity index (χ3v) is 5.19. The largest absolute Gasteiger partial charge is 0.490 e. The van der Waals surface area contributed by atoms with E-state index in [1.165, 1.54) is 19.3 Å². The van der Waals surface area contributed by atoms with Crippen LogP contribution >= 0.6 is 0 Å². The SMILES string of the molecule is CCOc1cc(C=NNC(=O)NC2CCCCC2)ccc1OCCOc1cccc(C)c1. The molecular formula is C25H33N3O4. The maximum atomic E-state index is 12.0. The average Bonchev–Trinajstić information content (AvgIpc) is 2.79. The minimum absolute atomic E-state index is 0.245. The highest BCUT2D eigenvalue weighted by molar-refractivity contribution is 5.82. The third kappa shape index (κ3) is 7.80. The molecule has 172 valence electrons. The summed E-state index contributed by atoms with van der Waals surface area (Å²) in [5.41, 5.74) is 4.49. The van der Waals surface area contributed by atoms with Crippen molar-refractivity contribution >= 4 is 12.2 Å². The predicted molar refractivity (Wildman–Crippen MR) is 126 cm³/mol. The van der Waals surface area contributed by atoms with Crippen LogP contribution in [-0.4, -0.2) is 38.1 Å². The zero-order valence-corrected chi connectivity index (χ0v) is 18.9. The maximum Gasteiger partial charge on any atom is 0.335 e. The van der Waals surface area contributed by atoms with E-state index >= 15 is 0 Å². The van der Waals surface area contributed by atoms with Crippen molar-refractivity contribution in [1.82, 2.24) is 10.7 Å². The Bertz CT molecular complexity index is 895. The van der Waals surface area contributed by atoms with Crippen molar-refractivity contribution in [2.45, 2.75) is 52.0 Å². The first-order valence-electron chi connectivity index (χ1n) is 11.3. The van der Waals surface area contributed by atoms with Crippen LogP contribution in [0.25, 0.3) is 0 Å². The number of rotatable bonds is 10. The first kappa shape index (κ1) is 23.4. The summed E-state index contributed by atoms with van der Waals surface area (Å²) in [4.78, 5) is 12.0. The van der Waals surface area contributed by atoms with E-state index in [4.69, 9.17) is 14.2 Å². The zero-order valence-electron chi connectivity index (χ0n) is 18.9. The Morgan fingerprint density at radius 3 is 2.62 bits per heavy atom. The van der Waals surface area contributed by atoms with Gasteiger partial charge in [0.25, 0.3) is 0 Å². The fourth-order valence-corrected chi connectivity index (χ4v) is 3.64. The van der Waals surface area contributed by atoms with Gasteiger partial charge < -0.3 is 19.5 Å². The quantitative estimate of drug-likeness (QED) is 0.316. The molecule has 0 spiro atoms. The third-order valence-electron chi connectivity index (χ3n) is 5.19. The van der Waals surface area contributed by atoms with Crippen LogP contribution in [0.15, 0.2) is 47.6 Å². The second-order valence-electron chi connectivity index (χ2n) is 7.83. The van der Waals surface area contributed by atoms with Crippen molar-refractivity contribution in [3.8, 4) is 17.2 Å². The molecule has 1 fully saturated rings. The molecule has 0 aromatic heterocycles. The van der Waals surface area contributed by atoms with Crippen molar-refractivity contribution in [1.29, 1.82) is 0 Å². The van der Waals surface area contributed by atoms with Crippen LogP contribution in [0.3, 0.4) is 0 Å². The lowest BCUT2D eigenvalue weighted by atomic mass is 9.96. The summed E-state index contributed by atoms with van der Waals surface area (Å²) in [5, 5.41) is 7.02. The van der Waals surface area contributed by atoms with Gasteiger partial charge in [-0.2, -0.15) is 5.10 Å². The second kappa shape index (κ2) is 12.6. The number of carbonyl (C=O) groups excluding carboxylic acids is 1. The van der Waals surface area contributed by atoms with Gasteiger partial charge in [-0.1, -0.05) is 31.4 Å². The van der Waals surface area contributed by atoms with Gasteiger partial charge in [-0.05, 0) is 68.1 Å². The molecule has 0 bridgehead atoms. The molecule has 7 nitrogen and oxygen atoms in total. The molecule has 0 aliphatic heterocycles. The lowest BCUT2D eigenvalue weighted by Gasteiger charge is -2.22. The highest BCUT2D eigenvalue weighted by Gasteiger charge is 2.15. The number of amides is 2. The van der Waals surface area contributed by atoms with Crippen LogP contribution in [-0.2, 0) is 0 Å². The molecule has 1 aliphatic rings. The van der Waals surface area contributed by atoms with Gasteiger partial charge in [0.1, 0.15) is 19.0 Å². The van der Waals surface area contributed by atoms with E-state index in [1.54, 1.807) is 6.21 Å². The average molecular weight is 440 g/mol. The maximum absolute atomic E-state index is 12.0. The Morgan fingerprint density at radius 2 is 1.84 bits per heavy atom. The van der Waals surface area contributed by atoms with Gasteiger partial charge in [0.2, 0.25) is 0 Å². The van der Waals surface area contributed by atoms with Crippen molar-refractivity contribution in [2.24, 2.45) is 5.10 Å². The number of carbonyl (C=O) groups is 1. The van der Waals surface area contributed by atoms with Crippen LogP contribution in [0.5, 0.6) is 17.2 Å². The fraction of sp³-hybridized carbons (Fsp3) is 0.440. The Kier molecular flexibility index (Phi) is 9.22. The van der Waals surface area contributed by atoms with E-state index in [9.17, 15) is 4.79 Å². The van der Waals surface area contributed by atoms with Gasteiger partial charge in [-0.15, -0.1) is 0 Å². The number of aryl methyl sites for hydroxylation is 1. The molecule has 1 aliphatic carbocycles. The van der Waals surface area contributed by atoms with Crippen molar-refractivity contribution in [3.05, 3.63) is 53.6 Å². The van der Waals surface area contributed by atoms with Crippen molar-refractivity contribution in [3.63, 3.8) is 0 Å². The molecule has 3 rings (SSSR count). The zero-order chi connectivity index (χ0) is 22.6. The molecule has 32 heavy (non-hydrogen) atoms. The molecule has 2 N–H and O–H groups in total. The fourth-order valence-electron chi connectivity index (χ4n) is 3.64. The molecule has 0 saturated heterocycles. The summed E-state index contributed by atoms with van der Waals surface area (Å²) in [6.45, 7) is 5.28. The Hall–Kier alpha value is -3.22. The Balaban J connectivity index is 1.48. The normalized spacial score (nSPS) is 14.2. The number of urea groups is 1. The molecule has 7 heteroatoms. The van der Waals surface area contributed by atoms with E-state index < -0.39 is 0 Å². The lowest BCUT2D eigenvalue weighted by Crippen LogP contribution is -2.41. The van der Waals surface area contributed by atoms with E-state index in [2.05, 4.69) is 15.8 Å². The number of hydrogen-bond donors (Lipinski definition) is 2. The summed E-state index contributed by atoms with van der Waals surface area (Å²) < 4.78 is 17.3. The predicted octanol–water partition coefficient (Wildman–Crippen LogP) is 4.82. The van der Waals surface area contributed by atoms with E-state index in [0.29, 0.717) is 31.3 Å². The standard InChI is InChI=1S/C25H33N3O4/c1-3-30-24-17-20(18-26-28-25(29)27-21-9-5-4-6-10-21)12-13-23(24)32-15-14-31-22-11-7-8-19(2)16-22/h7-8,11-13,16-18,21H,3-6,9-10,14-15H2,1-2H3,(H2,27,28,29). The number of benzene rings is 2. The number of nitrogens with zero attached hydrogens (tertiary/aromatic N) is 1. The number of nitrogens with one attached hydrogen (secondary N) is 2. The van der Waals surface area contributed by atoms with Crippen molar-refractivity contribution in [2.75, 3.05) is 19.8 Å². The van der Waals surface area contributed by atoms with Crippen molar-refractivity contribution < 1.29 is 19.0 Å². The summed E-state index contributed by atoms with van der Waals surface area (Å²) >= 11 is 0. The molecular weight excluding hydrogens is 406 g/mol. The van der Waals surface area contributed by atoms with Gasteiger partial charge >= 0.3 is 6.03 Å². The van der Waals surface area contributed by atoms with Crippen LogP contribution in [0.1, 0.15) is 50.2 Å². The lowest BCUT2D eigenvalue weighted by molar-refractivity contribution is 0.208. The van der Waals surface area contributed by atoms with Crippen LogP contribution in [0.4, 0.5) is 4.79 Å². The van der Waals surface area contributed by atoms with Crippen LogP contribution in [0, 0.1) is 6.92 Å². The summed E-state index contributed by atoms with van der Waals surface area (Å²) in [6.07, 6.45) is 7.24. The summed E-state index contributed by atoms with van der Waals surface area (Å²) in [6, 6.07) is 13.4. The number of hydrazone groups is 1. The van der Waals surface area contributed by atoms with E-state index in [0.717, 1.165) is 29.7 Å². The highest BCUT2D eigenvalue weighted by Crippen LogP contribution is 2.28. The monoisotopic (exact) mass is 439 g/mol. The Morgan fingerprint density at radius 1 is 1.03 bits per heavy atom. The smallest absolute Gasteiger partial charge is 0.335 e. The van der Waals surface area contributed by atoms with Crippen LogP contribution < -0.4 is 25.0 Å².